The molecule has 0 atom stereocenters. The van der Waals surface area contributed by atoms with E-state index >= 15 is 0 Å². The molecular formula is C16H13NO2. The van der Waals surface area contributed by atoms with Crippen LogP contribution in [0.25, 0.3) is 0 Å². The average molecular weight is 251 g/mol. The maximum atomic E-state index is 12.6. The smallest absolute Gasteiger partial charge is 0.196 e. The fourth-order valence-corrected chi connectivity index (χ4v) is 2.66. The van der Waals surface area contributed by atoms with E-state index in [4.69, 9.17) is 0 Å². The molecule has 0 bridgehead atoms. The lowest BCUT2D eigenvalue weighted by atomic mass is 9.82. The Kier molecular flexibility index (Phi) is 2.39. The first-order chi connectivity index (χ1) is 8.99. The van der Waals surface area contributed by atoms with Gasteiger partial charge in [0.1, 0.15) is 0 Å². The maximum absolute atomic E-state index is 12.6. The molecule has 0 fully saturated rings. The van der Waals surface area contributed by atoms with Crippen molar-refractivity contribution >= 4 is 11.6 Å². The predicted octanol–water partition coefficient (Wildman–Crippen LogP) is 2.78. The molecule has 2 aromatic rings. The van der Waals surface area contributed by atoms with Gasteiger partial charge in [0, 0.05) is 28.6 Å². The normalized spacial score (nSPS) is 13.2. The van der Waals surface area contributed by atoms with Crippen molar-refractivity contribution in [2.45, 2.75) is 20.8 Å². The fourth-order valence-electron chi connectivity index (χ4n) is 2.66. The van der Waals surface area contributed by atoms with Crippen LogP contribution in [0.5, 0.6) is 0 Å². The number of benzene rings is 1. The number of rotatable bonds is 0. The highest BCUT2D eigenvalue weighted by atomic mass is 16.1. The van der Waals surface area contributed by atoms with Gasteiger partial charge in [-0.3, -0.25) is 14.6 Å². The summed E-state index contributed by atoms with van der Waals surface area (Å²) in [6.45, 7) is 5.61. The van der Waals surface area contributed by atoms with Crippen LogP contribution in [-0.2, 0) is 0 Å². The van der Waals surface area contributed by atoms with Crippen LogP contribution in [0.4, 0.5) is 0 Å². The van der Waals surface area contributed by atoms with Crippen LogP contribution in [0.15, 0.2) is 24.4 Å². The molecule has 3 rings (SSSR count). The Hall–Kier alpha value is -2.29. The highest BCUT2D eigenvalue weighted by molar-refractivity contribution is 6.28. The van der Waals surface area contributed by atoms with Gasteiger partial charge < -0.3 is 0 Å². The topological polar surface area (TPSA) is 47.0 Å². The maximum Gasteiger partial charge on any atom is 0.196 e. The molecule has 3 nitrogen and oxygen atoms in total. The molecule has 0 spiro atoms. The average Bonchev–Trinajstić information content (AvgIpc) is 2.35. The molecule has 3 heteroatoms. The zero-order chi connectivity index (χ0) is 13.7. The molecule has 1 heterocycles. The SMILES string of the molecule is Cc1cc(C)c2c(c1)C(=O)c1cnc(C)cc1C2=O. The third-order valence-electron chi connectivity index (χ3n) is 3.48. The van der Waals surface area contributed by atoms with Crippen molar-refractivity contribution in [2.24, 2.45) is 0 Å². The Morgan fingerprint density at radius 1 is 0.842 bits per heavy atom. The lowest BCUT2D eigenvalue weighted by Crippen LogP contribution is -2.22. The highest BCUT2D eigenvalue weighted by Crippen LogP contribution is 2.30. The predicted molar refractivity (Wildman–Crippen MR) is 71.8 cm³/mol. The molecule has 0 amide bonds. The second-order valence-corrected chi connectivity index (χ2v) is 5.03. The summed E-state index contributed by atoms with van der Waals surface area (Å²) in [5.41, 5.74) is 4.50. The van der Waals surface area contributed by atoms with Crippen LogP contribution in [0.2, 0.25) is 0 Å². The lowest BCUT2D eigenvalue weighted by molar-refractivity contribution is 0.0978. The van der Waals surface area contributed by atoms with Crippen molar-refractivity contribution in [3.8, 4) is 0 Å². The molecule has 1 aromatic heterocycles. The Morgan fingerprint density at radius 2 is 1.58 bits per heavy atom. The highest BCUT2D eigenvalue weighted by Gasteiger charge is 2.31. The van der Waals surface area contributed by atoms with Gasteiger partial charge in [0.2, 0.25) is 0 Å². The minimum atomic E-state index is -0.107. The van der Waals surface area contributed by atoms with Crippen molar-refractivity contribution in [3.63, 3.8) is 0 Å². The van der Waals surface area contributed by atoms with Gasteiger partial charge in [0.15, 0.2) is 11.6 Å². The summed E-state index contributed by atoms with van der Waals surface area (Å²) in [7, 11) is 0. The number of nitrogens with zero attached hydrogens (tertiary/aromatic N) is 1. The largest absolute Gasteiger partial charge is 0.289 e. The van der Waals surface area contributed by atoms with Gasteiger partial charge in [-0.05, 0) is 38.5 Å². The summed E-state index contributed by atoms with van der Waals surface area (Å²) in [6.07, 6.45) is 1.51. The third kappa shape index (κ3) is 1.62. The molecule has 0 unspecified atom stereocenters. The quantitative estimate of drug-likeness (QED) is 0.617. The lowest BCUT2D eigenvalue weighted by Gasteiger charge is -2.19. The van der Waals surface area contributed by atoms with E-state index in [1.54, 1.807) is 12.1 Å². The zero-order valence-electron chi connectivity index (χ0n) is 11.1. The summed E-state index contributed by atoms with van der Waals surface area (Å²) in [4.78, 5) is 29.2. The van der Waals surface area contributed by atoms with Crippen molar-refractivity contribution in [2.75, 3.05) is 0 Å². The van der Waals surface area contributed by atoms with Gasteiger partial charge in [-0.1, -0.05) is 11.6 Å². The van der Waals surface area contributed by atoms with E-state index in [-0.39, 0.29) is 11.6 Å². The van der Waals surface area contributed by atoms with Crippen molar-refractivity contribution in [1.82, 2.24) is 4.98 Å². The molecule has 0 aliphatic heterocycles. The van der Waals surface area contributed by atoms with E-state index in [0.717, 1.165) is 16.8 Å². The van der Waals surface area contributed by atoms with Crippen LogP contribution >= 0.6 is 0 Å². The molecule has 94 valence electrons. The summed E-state index contributed by atoms with van der Waals surface area (Å²) >= 11 is 0. The van der Waals surface area contributed by atoms with Crippen molar-refractivity contribution in [3.05, 3.63) is 63.5 Å². The first-order valence-corrected chi connectivity index (χ1v) is 6.16. The standard InChI is InChI=1S/C16H13NO2/c1-8-4-9(2)14-12(5-8)15(18)13-7-17-10(3)6-11(13)16(14)19/h4-7H,1-3H3. The Labute approximate surface area is 111 Å². The number of hydrogen-bond acceptors (Lipinski definition) is 3. The molecule has 0 N–H and O–H groups in total. The Morgan fingerprint density at radius 3 is 2.32 bits per heavy atom. The van der Waals surface area contributed by atoms with E-state index in [2.05, 4.69) is 4.98 Å². The number of carbonyl (C=O) groups excluding carboxylic acids is 2. The summed E-state index contributed by atoms with van der Waals surface area (Å²) in [6, 6.07) is 5.41. The number of pyridine rings is 1. The molecule has 0 radical (unpaired) electrons. The van der Waals surface area contributed by atoms with Crippen LogP contribution in [-0.4, -0.2) is 16.6 Å². The van der Waals surface area contributed by atoms with Gasteiger partial charge in [0.05, 0.1) is 5.56 Å². The number of aryl methyl sites for hydroxylation is 3. The van der Waals surface area contributed by atoms with E-state index in [1.165, 1.54) is 6.20 Å². The third-order valence-corrected chi connectivity index (χ3v) is 3.48. The fraction of sp³-hybridized carbons (Fsp3) is 0.188. The van der Waals surface area contributed by atoms with Crippen molar-refractivity contribution < 1.29 is 9.59 Å². The van der Waals surface area contributed by atoms with Gasteiger partial charge >= 0.3 is 0 Å². The van der Waals surface area contributed by atoms with Crippen LogP contribution in [0, 0.1) is 20.8 Å². The Bertz CT molecular complexity index is 745. The van der Waals surface area contributed by atoms with Crippen LogP contribution in [0.3, 0.4) is 0 Å². The Balaban J connectivity index is 2.36. The van der Waals surface area contributed by atoms with Gasteiger partial charge in [-0.25, -0.2) is 0 Å². The van der Waals surface area contributed by atoms with Gasteiger partial charge in [0.25, 0.3) is 0 Å². The number of hydrogen-bond donors (Lipinski definition) is 0. The monoisotopic (exact) mass is 251 g/mol. The molecule has 0 saturated heterocycles. The van der Waals surface area contributed by atoms with E-state index in [1.807, 2.05) is 26.8 Å². The molecule has 1 aliphatic rings. The molecule has 1 aliphatic carbocycles. The first kappa shape index (κ1) is 11.8. The molecule has 1 aromatic carbocycles. The van der Waals surface area contributed by atoms with E-state index < -0.39 is 0 Å². The van der Waals surface area contributed by atoms with Gasteiger partial charge in [-0.2, -0.15) is 0 Å². The van der Waals surface area contributed by atoms with Crippen LogP contribution < -0.4 is 0 Å². The second-order valence-electron chi connectivity index (χ2n) is 5.03. The van der Waals surface area contributed by atoms with E-state index in [0.29, 0.717) is 22.3 Å². The first-order valence-electron chi connectivity index (χ1n) is 6.16. The van der Waals surface area contributed by atoms with Gasteiger partial charge in [-0.15, -0.1) is 0 Å². The molecule has 19 heavy (non-hydrogen) atoms. The molecular weight excluding hydrogens is 238 g/mol. The minimum Gasteiger partial charge on any atom is -0.289 e. The summed E-state index contributed by atoms with van der Waals surface area (Å²) in [5.74, 6) is -0.184. The number of carbonyl (C=O) groups is 2. The summed E-state index contributed by atoms with van der Waals surface area (Å²) in [5, 5.41) is 0. The summed E-state index contributed by atoms with van der Waals surface area (Å²) < 4.78 is 0. The molecule has 0 saturated carbocycles. The van der Waals surface area contributed by atoms with Crippen molar-refractivity contribution in [1.29, 1.82) is 0 Å². The minimum absolute atomic E-state index is 0.0763. The van der Waals surface area contributed by atoms with Crippen LogP contribution in [0.1, 0.15) is 48.7 Å². The number of aromatic nitrogens is 1. The second kappa shape index (κ2) is 3.85. The van der Waals surface area contributed by atoms with E-state index in [9.17, 15) is 9.59 Å². The number of ketones is 2. The number of fused-ring (bicyclic) bond motifs is 2. The zero-order valence-corrected chi connectivity index (χ0v) is 11.1.